The van der Waals surface area contributed by atoms with E-state index in [-0.39, 0.29) is 0 Å². The van der Waals surface area contributed by atoms with Crippen LogP contribution in [0, 0.1) is 23.3 Å². The van der Waals surface area contributed by atoms with Gasteiger partial charge in [0.25, 0.3) is 0 Å². The molecule has 0 amide bonds. The zero-order valence-corrected chi connectivity index (χ0v) is 8.72. The van der Waals surface area contributed by atoms with Crippen molar-refractivity contribution in [3.05, 3.63) is 47.5 Å². The molecule has 0 fully saturated rings. The molecule has 0 aliphatic carbocycles. The zero-order valence-electron chi connectivity index (χ0n) is 8.72. The van der Waals surface area contributed by atoms with Crippen LogP contribution in [0.1, 0.15) is 0 Å². The van der Waals surface area contributed by atoms with Crippen molar-refractivity contribution in [2.75, 3.05) is 0 Å². The molecule has 2 N–H and O–H groups in total. The van der Waals surface area contributed by atoms with Crippen molar-refractivity contribution < 1.29 is 27.8 Å². The molecular weight excluding hydrogens is 252 g/mol. The summed E-state index contributed by atoms with van der Waals surface area (Å²) in [6, 6.07) is 2.03. The van der Waals surface area contributed by atoms with Gasteiger partial charge in [-0.1, -0.05) is 0 Å². The number of hydrogen-bond donors (Lipinski definition) is 2. The van der Waals surface area contributed by atoms with Gasteiger partial charge >= 0.3 is 0 Å². The molecule has 0 heterocycles. The van der Waals surface area contributed by atoms with E-state index in [1.54, 1.807) is 0 Å². The summed E-state index contributed by atoms with van der Waals surface area (Å²) in [5.74, 6) is -6.51. The van der Waals surface area contributed by atoms with Crippen LogP contribution in [0.25, 0.3) is 11.1 Å². The molecule has 0 unspecified atom stereocenters. The Kier molecular flexibility index (Phi) is 2.86. The minimum absolute atomic E-state index is 0.413. The van der Waals surface area contributed by atoms with Gasteiger partial charge in [-0.15, -0.1) is 0 Å². The van der Waals surface area contributed by atoms with E-state index >= 15 is 0 Å². The molecule has 2 rings (SSSR count). The van der Waals surface area contributed by atoms with Crippen LogP contribution in [0.3, 0.4) is 0 Å². The average Bonchev–Trinajstić information content (AvgIpc) is 2.24. The van der Waals surface area contributed by atoms with Gasteiger partial charge < -0.3 is 10.2 Å². The third-order valence-corrected chi connectivity index (χ3v) is 2.33. The van der Waals surface area contributed by atoms with Crippen LogP contribution < -0.4 is 0 Å². The first-order chi connectivity index (χ1) is 8.40. The van der Waals surface area contributed by atoms with Crippen LogP contribution in [-0.4, -0.2) is 10.2 Å². The van der Waals surface area contributed by atoms with E-state index in [1.807, 2.05) is 0 Å². The smallest absolute Gasteiger partial charge is 0.165 e. The van der Waals surface area contributed by atoms with Crippen LogP contribution in [0.5, 0.6) is 11.5 Å². The summed E-state index contributed by atoms with van der Waals surface area (Å²) >= 11 is 0. The normalized spacial score (nSPS) is 10.7. The lowest BCUT2D eigenvalue weighted by atomic mass is 10.0. The Hall–Kier alpha value is -2.24. The lowest BCUT2D eigenvalue weighted by Crippen LogP contribution is -1.94. The maximum atomic E-state index is 13.5. The highest BCUT2D eigenvalue weighted by Gasteiger charge is 2.19. The van der Waals surface area contributed by atoms with E-state index in [2.05, 4.69) is 0 Å². The number of aromatic hydroxyl groups is 2. The summed E-state index contributed by atoms with van der Waals surface area (Å²) in [5, 5.41) is 17.9. The van der Waals surface area contributed by atoms with Crippen molar-refractivity contribution >= 4 is 0 Å². The molecule has 0 bridgehead atoms. The molecule has 0 radical (unpaired) electrons. The van der Waals surface area contributed by atoms with Crippen LogP contribution in [0.2, 0.25) is 0 Å². The first-order valence-corrected chi connectivity index (χ1v) is 4.76. The predicted octanol–water partition coefficient (Wildman–Crippen LogP) is 3.32. The molecule has 0 spiro atoms. The fraction of sp³-hybridized carbons (Fsp3) is 0. The standard InChI is InChI=1S/C12H6F4O2/c13-7-4-11(18)8(14)3-6(7)12-9(15)1-5(17)2-10(12)16/h1-4,17-18H. The second-order valence-electron chi connectivity index (χ2n) is 3.57. The second-order valence-corrected chi connectivity index (χ2v) is 3.57. The summed E-state index contributed by atoms with van der Waals surface area (Å²) in [4.78, 5) is 0. The van der Waals surface area contributed by atoms with Crippen molar-refractivity contribution in [3.63, 3.8) is 0 Å². The van der Waals surface area contributed by atoms with Gasteiger partial charge in [0, 0.05) is 23.8 Å². The average molecular weight is 258 g/mol. The Morgan fingerprint density at radius 2 is 1.22 bits per heavy atom. The van der Waals surface area contributed by atoms with Crippen LogP contribution in [-0.2, 0) is 0 Å². The highest BCUT2D eigenvalue weighted by atomic mass is 19.1. The topological polar surface area (TPSA) is 40.5 Å². The van der Waals surface area contributed by atoms with E-state index in [9.17, 15) is 17.6 Å². The summed E-state index contributed by atoms with van der Waals surface area (Å²) in [5.41, 5.74) is -1.50. The molecule has 94 valence electrons. The molecule has 0 saturated heterocycles. The number of hydrogen-bond acceptors (Lipinski definition) is 2. The molecule has 2 aromatic rings. The van der Waals surface area contributed by atoms with Crippen molar-refractivity contribution in [3.8, 4) is 22.6 Å². The monoisotopic (exact) mass is 258 g/mol. The maximum absolute atomic E-state index is 13.5. The predicted molar refractivity (Wildman–Crippen MR) is 55.0 cm³/mol. The second kappa shape index (κ2) is 4.21. The lowest BCUT2D eigenvalue weighted by molar-refractivity contribution is 0.426. The van der Waals surface area contributed by atoms with E-state index in [4.69, 9.17) is 10.2 Å². The first-order valence-electron chi connectivity index (χ1n) is 4.76. The molecule has 0 saturated carbocycles. The third kappa shape index (κ3) is 1.97. The van der Waals surface area contributed by atoms with Gasteiger partial charge in [0.15, 0.2) is 11.6 Å². The van der Waals surface area contributed by atoms with Gasteiger partial charge in [-0.05, 0) is 6.07 Å². The number of phenolic OH excluding ortho intramolecular Hbond substituents is 2. The van der Waals surface area contributed by atoms with E-state index in [0.717, 1.165) is 0 Å². The van der Waals surface area contributed by atoms with E-state index < -0.39 is 45.9 Å². The maximum Gasteiger partial charge on any atom is 0.165 e. The molecule has 0 atom stereocenters. The number of benzene rings is 2. The Morgan fingerprint density at radius 1 is 0.667 bits per heavy atom. The molecule has 2 nitrogen and oxygen atoms in total. The highest BCUT2D eigenvalue weighted by Crippen LogP contribution is 2.33. The van der Waals surface area contributed by atoms with E-state index in [0.29, 0.717) is 24.3 Å². The number of rotatable bonds is 1. The highest BCUT2D eigenvalue weighted by molar-refractivity contribution is 5.67. The molecule has 0 aliphatic heterocycles. The van der Waals surface area contributed by atoms with E-state index in [1.165, 1.54) is 0 Å². The fourth-order valence-electron chi connectivity index (χ4n) is 1.54. The SMILES string of the molecule is Oc1cc(F)c(-c2cc(F)c(O)cc2F)c(F)c1. The molecule has 0 aromatic heterocycles. The molecule has 2 aromatic carbocycles. The van der Waals surface area contributed by atoms with Crippen molar-refractivity contribution in [2.45, 2.75) is 0 Å². The van der Waals surface area contributed by atoms with Crippen LogP contribution in [0.4, 0.5) is 17.6 Å². The number of phenols is 2. The van der Waals surface area contributed by atoms with Gasteiger partial charge in [0.1, 0.15) is 23.2 Å². The fourth-order valence-corrected chi connectivity index (χ4v) is 1.54. The first kappa shape index (κ1) is 12.2. The van der Waals surface area contributed by atoms with Crippen molar-refractivity contribution in [2.24, 2.45) is 0 Å². The van der Waals surface area contributed by atoms with Crippen LogP contribution in [0.15, 0.2) is 24.3 Å². The van der Waals surface area contributed by atoms with Gasteiger partial charge in [-0.25, -0.2) is 17.6 Å². The number of halogens is 4. The summed E-state index contributed by atoms with van der Waals surface area (Å²) in [6.07, 6.45) is 0. The Labute approximate surface area is 98.7 Å². The Morgan fingerprint density at radius 3 is 1.78 bits per heavy atom. The van der Waals surface area contributed by atoms with Gasteiger partial charge in [-0.2, -0.15) is 0 Å². The third-order valence-electron chi connectivity index (χ3n) is 2.33. The summed E-state index contributed by atoms with van der Waals surface area (Å²) in [6.45, 7) is 0. The zero-order chi connectivity index (χ0) is 13.4. The van der Waals surface area contributed by atoms with Crippen molar-refractivity contribution in [1.29, 1.82) is 0 Å². The minimum atomic E-state index is -1.24. The van der Waals surface area contributed by atoms with Crippen LogP contribution >= 0.6 is 0 Å². The minimum Gasteiger partial charge on any atom is -0.508 e. The quantitative estimate of drug-likeness (QED) is 0.770. The van der Waals surface area contributed by atoms with Gasteiger partial charge in [0.2, 0.25) is 0 Å². The summed E-state index contributed by atoms with van der Waals surface area (Å²) < 4.78 is 53.4. The lowest BCUT2D eigenvalue weighted by Gasteiger charge is -2.08. The summed E-state index contributed by atoms with van der Waals surface area (Å²) in [7, 11) is 0. The Balaban J connectivity index is 2.73. The van der Waals surface area contributed by atoms with Gasteiger partial charge in [0.05, 0.1) is 5.56 Å². The van der Waals surface area contributed by atoms with Gasteiger partial charge in [-0.3, -0.25) is 0 Å². The molecular formula is C12H6F4O2. The molecule has 6 heteroatoms. The van der Waals surface area contributed by atoms with Crippen molar-refractivity contribution in [1.82, 2.24) is 0 Å². The largest absolute Gasteiger partial charge is 0.508 e. The molecule has 0 aliphatic rings. The molecule has 18 heavy (non-hydrogen) atoms. The Bertz CT molecular complexity index is 603.